The Bertz CT molecular complexity index is 1060. The van der Waals surface area contributed by atoms with Gasteiger partial charge in [0.1, 0.15) is 0 Å². The molecule has 0 atom stereocenters. The predicted molar refractivity (Wildman–Crippen MR) is 103 cm³/mol. The standard InChI is InChI=1S/C17H19N5O4S2/c1-3-16-21-17(22-26-16)13-7-14(11(2)27-13)28(24,25)20-10-15(23)19-9-12-5-4-6-18-8-12/h4-8,20H,3,9-10H2,1-2H3,(H,19,23). The molecule has 1 amide bonds. The maximum absolute atomic E-state index is 12.6. The molecule has 0 saturated heterocycles. The summed E-state index contributed by atoms with van der Waals surface area (Å²) in [5.74, 6) is 0.390. The molecule has 3 heterocycles. The van der Waals surface area contributed by atoms with Crippen LogP contribution >= 0.6 is 11.3 Å². The molecule has 2 N–H and O–H groups in total. The maximum atomic E-state index is 12.6. The number of amides is 1. The molecule has 0 aliphatic rings. The molecule has 3 aromatic rings. The van der Waals surface area contributed by atoms with Gasteiger partial charge < -0.3 is 9.84 Å². The van der Waals surface area contributed by atoms with Crippen LogP contribution in [-0.2, 0) is 27.8 Å². The highest BCUT2D eigenvalue weighted by Crippen LogP contribution is 2.31. The van der Waals surface area contributed by atoms with Crippen molar-refractivity contribution in [1.82, 2.24) is 25.2 Å². The number of sulfonamides is 1. The number of pyridine rings is 1. The Morgan fingerprint density at radius 2 is 2.18 bits per heavy atom. The minimum absolute atomic E-state index is 0.0930. The topological polar surface area (TPSA) is 127 Å². The molecule has 0 spiro atoms. The first-order valence-electron chi connectivity index (χ1n) is 8.47. The van der Waals surface area contributed by atoms with Crippen molar-refractivity contribution in [2.24, 2.45) is 0 Å². The number of rotatable bonds is 8. The summed E-state index contributed by atoms with van der Waals surface area (Å²) in [6.45, 7) is 3.48. The Hall–Kier alpha value is -2.63. The second kappa shape index (κ2) is 8.59. The molecule has 148 valence electrons. The quantitative estimate of drug-likeness (QED) is 0.566. The fraction of sp³-hybridized carbons (Fsp3) is 0.294. The average molecular weight is 422 g/mol. The van der Waals surface area contributed by atoms with E-state index in [2.05, 4.69) is 25.2 Å². The first kappa shape index (κ1) is 20.1. The number of nitrogens with zero attached hydrogens (tertiary/aromatic N) is 3. The highest BCUT2D eigenvalue weighted by molar-refractivity contribution is 7.89. The Morgan fingerprint density at radius 3 is 2.86 bits per heavy atom. The number of hydrogen-bond donors (Lipinski definition) is 2. The summed E-state index contributed by atoms with van der Waals surface area (Å²) in [6, 6.07) is 5.06. The number of nitrogens with one attached hydrogen (secondary N) is 2. The lowest BCUT2D eigenvalue weighted by Crippen LogP contribution is -2.36. The Labute approximate surface area is 166 Å². The molecule has 0 aliphatic carbocycles. The summed E-state index contributed by atoms with van der Waals surface area (Å²) in [5, 5.41) is 6.50. The van der Waals surface area contributed by atoms with Gasteiger partial charge in [0.25, 0.3) is 0 Å². The van der Waals surface area contributed by atoms with Crippen LogP contribution in [0.4, 0.5) is 0 Å². The maximum Gasteiger partial charge on any atom is 0.242 e. The second-order valence-corrected chi connectivity index (χ2v) is 8.85. The summed E-state index contributed by atoms with van der Waals surface area (Å²) in [4.78, 5) is 21.4. The van der Waals surface area contributed by atoms with Crippen molar-refractivity contribution in [2.75, 3.05) is 6.54 Å². The Morgan fingerprint density at radius 1 is 1.36 bits per heavy atom. The van der Waals surface area contributed by atoms with Crippen molar-refractivity contribution in [1.29, 1.82) is 0 Å². The minimum atomic E-state index is -3.85. The van der Waals surface area contributed by atoms with E-state index in [9.17, 15) is 13.2 Å². The van der Waals surface area contributed by atoms with Gasteiger partial charge in [-0.1, -0.05) is 18.1 Å². The second-order valence-electron chi connectivity index (χ2n) is 5.86. The zero-order valence-corrected chi connectivity index (χ0v) is 16.9. The molecule has 0 saturated carbocycles. The third kappa shape index (κ3) is 4.80. The molecule has 28 heavy (non-hydrogen) atoms. The van der Waals surface area contributed by atoms with Gasteiger partial charge in [-0.3, -0.25) is 9.78 Å². The largest absolute Gasteiger partial charge is 0.351 e. The molecule has 0 radical (unpaired) electrons. The number of aromatic nitrogens is 3. The van der Waals surface area contributed by atoms with Gasteiger partial charge >= 0.3 is 0 Å². The normalized spacial score (nSPS) is 11.5. The molecular formula is C17H19N5O4S2. The molecule has 0 fully saturated rings. The first-order valence-corrected chi connectivity index (χ1v) is 10.8. The van der Waals surface area contributed by atoms with Crippen LogP contribution in [0, 0.1) is 6.92 Å². The summed E-state index contributed by atoms with van der Waals surface area (Å²) < 4.78 is 32.5. The van der Waals surface area contributed by atoms with Gasteiger partial charge in [0.2, 0.25) is 27.6 Å². The number of carbonyl (C=O) groups excluding carboxylic acids is 1. The smallest absolute Gasteiger partial charge is 0.242 e. The fourth-order valence-corrected chi connectivity index (χ4v) is 4.84. The zero-order valence-electron chi connectivity index (χ0n) is 15.3. The predicted octanol–water partition coefficient (Wildman–Crippen LogP) is 1.66. The molecular weight excluding hydrogens is 402 g/mol. The van der Waals surface area contributed by atoms with E-state index in [0.29, 0.717) is 27.9 Å². The van der Waals surface area contributed by atoms with Crippen LogP contribution in [0.15, 0.2) is 40.0 Å². The van der Waals surface area contributed by atoms with E-state index in [1.807, 2.05) is 13.0 Å². The molecule has 11 heteroatoms. The van der Waals surface area contributed by atoms with E-state index < -0.39 is 15.9 Å². The Balaban J connectivity index is 1.63. The van der Waals surface area contributed by atoms with E-state index >= 15 is 0 Å². The van der Waals surface area contributed by atoms with Crippen molar-refractivity contribution in [3.8, 4) is 10.7 Å². The fourth-order valence-electron chi connectivity index (χ4n) is 2.35. The number of hydrogen-bond acceptors (Lipinski definition) is 8. The third-order valence-electron chi connectivity index (χ3n) is 3.79. The molecule has 3 rings (SSSR count). The minimum Gasteiger partial charge on any atom is -0.351 e. The van der Waals surface area contributed by atoms with Gasteiger partial charge in [-0.05, 0) is 24.6 Å². The number of carbonyl (C=O) groups is 1. The zero-order chi connectivity index (χ0) is 20.1. The summed E-state index contributed by atoms with van der Waals surface area (Å²) in [5.41, 5.74) is 0.823. The van der Waals surface area contributed by atoms with Crippen LogP contribution in [0.2, 0.25) is 0 Å². The molecule has 0 aliphatic heterocycles. The molecule has 3 aromatic heterocycles. The van der Waals surface area contributed by atoms with Gasteiger partial charge in [-0.25, -0.2) is 13.1 Å². The number of thiophene rings is 1. The van der Waals surface area contributed by atoms with Gasteiger partial charge in [-0.15, -0.1) is 11.3 Å². The molecule has 0 bridgehead atoms. The van der Waals surface area contributed by atoms with Crippen LogP contribution in [0.5, 0.6) is 0 Å². The van der Waals surface area contributed by atoms with Crippen LogP contribution in [0.25, 0.3) is 10.7 Å². The molecule has 9 nitrogen and oxygen atoms in total. The van der Waals surface area contributed by atoms with Crippen molar-refractivity contribution >= 4 is 27.3 Å². The van der Waals surface area contributed by atoms with E-state index in [1.54, 1.807) is 25.4 Å². The summed E-state index contributed by atoms with van der Waals surface area (Å²) in [7, 11) is -3.85. The van der Waals surface area contributed by atoms with E-state index in [-0.39, 0.29) is 18.0 Å². The van der Waals surface area contributed by atoms with Crippen LogP contribution in [0.3, 0.4) is 0 Å². The van der Waals surface area contributed by atoms with E-state index in [4.69, 9.17) is 4.52 Å². The van der Waals surface area contributed by atoms with Crippen molar-refractivity contribution in [3.63, 3.8) is 0 Å². The number of aryl methyl sites for hydroxylation is 2. The lowest BCUT2D eigenvalue weighted by atomic mass is 10.3. The van der Waals surface area contributed by atoms with Gasteiger partial charge in [0.05, 0.1) is 16.3 Å². The van der Waals surface area contributed by atoms with Crippen molar-refractivity contribution in [2.45, 2.75) is 31.7 Å². The van der Waals surface area contributed by atoms with E-state index in [1.165, 1.54) is 17.4 Å². The SMILES string of the molecule is CCc1nc(-c2cc(S(=O)(=O)NCC(=O)NCc3cccnc3)c(C)s2)no1. The van der Waals surface area contributed by atoms with E-state index in [0.717, 1.165) is 5.56 Å². The third-order valence-corrected chi connectivity index (χ3v) is 6.49. The first-order chi connectivity index (χ1) is 13.4. The lowest BCUT2D eigenvalue weighted by molar-refractivity contribution is -0.120. The Kier molecular flexibility index (Phi) is 6.17. The van der Waals surface area contributed by atoms with Gasteiger partial charge in [0.15, 0.2) is 0 Å². The molecule has 0 unspecified atom stereocenters. The van der Waals surface area contributed by atoms with Gasteiger partial charge in [0, 0.05) is 30.2 Å². The van der Waals surface area contributed by atoms with Crippen molar-refractivity contribution < 1.29 is 17.7 Å². The lowest BCUT2D eigenvalue weighted by Gasteiger charge is -2.07. The van der Waals surface area contributed by atoms with Gasteiger partial charge in [-0.2, -0.15) is 4.98 Å². The van der Waals surface area contributed by atoms with Crippen molar-refractivity contribution in [3.05, 3.63) is 46.9 Å². The summed E-state index contributed by atoms with van der Waals surface area (Å²) >= 11 is 1.25. The monoisotopic (exact) mass is 421 g/mol. The summed E-state index contributed by atoms with van der Waals surface area (Å²) in [6.07, 6.45) is 3.86. The van der Waals surface area contributed by atoms with Crippen LogP contribution < -0.4 is 10.0 Å². The molecule has 0 aromatic carbocycles. The highest BCUT2D eigenvalue weighted by atomic mass is 32.2. The van der Waals surface area contributed by atoms with Crippen LogP contribution in [0.1, 0.15) is 23.3 Å². The highest BCUT2D eigenvalue weighted by Gasteiger charge is 2.23. The average Bonchev–Trinajstić information content (AvgIpc) is 3.32. The van der Waals surface area contributed by atoms with Crippen LogP contribution in [-0.4, -0.2) is 36.0 Å².